The summed E-state index contributed by atoms with van der Waals surface area (Å²) < 4.78 is 31.0. The number of ether oxygens (including phenoxy) is 1. The number of morpholine rings is 1. The van der Waals surface area contributed by atoms with Gasteiger partial charge in [0.2, 0.25) is 5.91 Å². The van der Waals surface area contributed by atoms with E-state index in [0.717, 1.165) is 17.6 Å². The lowest BCUT2D eigenvalue weighted by Crippen LogP contribution is -2.48. The second-order valence-corrected chi connectivity index (χ2v) is 9.33. The molecule has 0 aromatic heterocycles. The number of nitrogens with zero attached hydrogens (tertiary/aromatic N) is 1. The fourth-order valence-electron chi connectivity index (χ4n) is 2.71. The van der Waals surface area contributed by atoms with E-state index in [1.165, 1.54) is 0 Å². The first-order valence-electron chi connectivity index (χ1n) is 8.37. The molecule has 25 heavy (non-hydrogen) atoms. The topological polar surface area (TPSA) is 75.7 Å². The zero-order valence-electron chi connectivity index (χ0n) is 14.6. The van der Waals surface area contributed by atoms with Crippen molar-refractivity contribution in [2.75, 3.05) is 38.6 Å². The molecule has 1 aliphatic heterocycles. The van der Waals surface area contributed by atoms with Crippen molar-refractivity contribution >= 4 is 31.7 Å². The molecule has 0 spiro atoms. The summed E-state index contributed by atoms with van der Waals surface area (Å²) in [5, 5.41) is 2.87. The van der Waals surface area contributed by atoms with Crippen LogP contribution in [-0.4, -0.2) is 63.9 Å². The van der Waals surface area contributed by atoms with Gasteiger partial charge in [-0.15, -0.1) is 0 Å². The van der Waals surface area contributed by atoms with Crippen LogP contribution in [0.1, 0.15) is 13.8 Å². The maximum atomic E-state index is 12.4. The highest BCUT2D eigenvalue weighted by molar-refractivity contribution is 9.10. The molecule has 0 radical (unpaired) electrons. The van der Waals surface area contributed by atoms with E-state index < -0.39 is 15.8 Å². The van der Waals surface area contributed by atoms with Crippen LogP contribution in [0.5, 0.6) is 0 Å². The van der Waals surface area contributed by atoms with Crippen molar-refractivity contribution < 1.29 is 17.9 Å². The van der Waals surface area contributed by atoms with Gasteiger partial charge in [0.05, 0.1) is 23.9 Å². The molecule has 1 aromatic rings. The molecular weight excluding hydrogens is 408 g/mol. The van der Waals surface area contributed by atoms with Gasteiger partial charge in [-0.3, -0.25) is 9.69 Å². The maximum absolute atomic E-state index is 12.4. The second-order valence-electron chi connectivity index (χ2n) is 6.38. The summed E-state index contributed by atoms with van der Waals surface area (Å²) in [4.78, 5) is 14.8. The Morgan fingerprint density at radius 3 is 2.44 bits per heavy atom. The highest BCUT2D eigenvalue weighted by Crippen LogP contribution is 2.18. The number of halogens is 1. The van der Waals surface area contributed by atoms with Crippen molar-refractivity contribution in [3.05, 3.63) is 28.7 Å². The molecule has 2 rings (SSSR count). The summed E-state index contributed by atoms with van der Waals surface area (Å²) in [6.45, 7) is 7.32. The van der Waals surface area contributed by atoms with Crippen LogP contribution in [0.15, 0.2) is 33.6 Å². The highest BCUT2D eigenvalue weighted by atomic mass is 79.9. The van der Waals surface area contributed by atoms with E-state index in [1.807, 2.05) is 0 Å². The van der Waals surface area contributed by atoms with E-state index in [9.17, 15) is 13.2 Å². The summed E-state index contributed by atoms with van der Waals surface area (Å²) in [5.74, 6) is -1.04. The van der Waals surface area contributed by atoms with E-state index in [2.05, 4.69) is 33.1 Å². The average molecular weight is 433 g/mol. The molecule has 1 aliphatic rings. The molecule has 0 bridgehead atoms. The third-order valence-electron chi connectivity index (χ3n) is 4.33. The number of benzene rings is 1. The van der Waals surface area contributed by atoms with Crippen LogP contribution in [0.2, 0.25) is 0 Å². The van der Waals surface area contributed by atoms with Gasteiger partial charge in [0.25, 0.3) is 0 Å². The zero-order valence-corrected chi connectivity index (χ0v) is 17.0. The first-order chi connectivity index (χ1) is 11.8. The Balaban J connectivity index is 1.85. The number of rotatable bonds is 7. The quantitative estimate of drug-likeness (QED) is 0.709. The normalized spacial score (nSPS) is 18.5. The minimum absolute atomic E-state index is 0.197. The maximum Gasteiger partial charge on any atom is 0.223 e. The smallest absolute Gasteiger partial charge is 0.223 e. The first kappa shape index (κ1) is 20.4. The standard InChI is InChI=1S/C17H25BrN2O4S/c1-13(12-25(22,23)16-5-3-15(18)4-6-16)17(21)19-11-14(2)20-7-9-24-10-8-20/h3-6,13-14H,7-12H2,1-2H3,(H,19,21)/t13-,14-/m1/s1. The number of carbonyl (C=O) groups is 1. The summed E-state index contributed by atoms with van der Waals surface area (Å²) >= 11 is 3.28. The van der Waals surface area contributed by atoms with Gasteiger partial charge in [0.15, 0.2) is 9.84 Å². The van der Waals surface area contributed by atoms with Gasteiger partial charge in [0, 0.05) is 36.1 Å². The first-order valence-corrected chi connectivity index (χ1v) is 10.8. The fraction of sp³-hybridized carbons (Fsp3) is 0.588. The van der Waals surface area contributed by atoms with Crippen molar-refractivity contribution in [2.24, 2.45) is 5.92 Å². The van der Waals surface area contributed by atoms with Crippen molar-refractivity contribution in [3.63, 3.8) is 0 Å². The second kappa shape index (κ2) is 9.12. The Bertz CT molecular complexity index is 672. The number of hydrogen-bond donors (Lipinski definition) is 1. The van der Waals surface area contributed by atoms with Gasteiger partial charge in [-0.25, -0.2) is 8.42 Å². The fourth-order valence-corrected chi connectivity index (χ4v) is 4.53. The van der Waals surface area contributed by atoms with Crippen LogP contribution >= 0.6 is 15.9 Å². The molecule has 1 fully saturated rings. The molecule has 1 saturated heterocycles. The van der Waals surface area contributed by atoms with Crippen LogP contribution in [0, 0.1) is 5.92 Å². The molecule has 1 aromatic carbocycles. The van der Waals surface area contributed by atoms with E-state index >= 15 is 0 Å². The Kier molecular flexibility index (Phi) is 7.42. The molecule has 1 heterocycles. The summed E-state index contributed by atoms with van der Waals surface area (Å²) in [6, 6.07) is 6.65. The van der Waals surface area contributed by atoms with Gasteiger partial charge in [0.1, 0.15) is 0 Å². The minimum Gasteiger partial charge on any atom is -0.379 e. The van der Waals surface area contributed by atoms with Crippen molar-refractivity contribution in [1.29, 1.82) is 0 Å². The third-order valence-corrected chi connectivity index (χ3v) is 6.79. The summed E-state index contributed by atoms with van der Waals surface area (Å²) in [6.07, 6.45) is 0. The number of amides is 1. The van der Waals surface area contributed by atoms with Gasteiger partial charge in [-0.2, -0.15) is 0 Å². The van der Waals surface area contributed by atoms with E-state index in [1.54, 1.807) is 31.2 Å². The van der Waals surface area contributed by atoms with Gasteiger partial charge < -0.3 is 10.1 Å². The van der Waals surface area contributed by atoms with Gasteiger partial charge in [-0.05, 0) is 31.2 Å². The van der Waals surface area contributed by atoms with Crippen molar-refractivity contribution in [1.82, 2.24) is 10.2 Å². The van der Waals surface area contributed by atoms with Gasteiger partial charge in [-0.1, -0.05) is 22.9 Å². The van der Waals surface area contributed by atoms with Crippen LogP contribution in [0.3, 0.4) is 0 Å². The molecule has 140 valence electrons. The summed E-state index contributed by atoms with van der Waals surface area (Å²) in [5.41, 5.74) is 0. The predicted octanol–water partition coefficient (Wildman–Crippen LogP) is 1.70. The largest absolute Gasteiger partial charge is 0.379 e. The Hall–Kier alpha value is -0.960. The molecule has 0 unspecified atom stereocenters. The molecule has 1 N–H and O–H groups in total. The summed E-state index contributed by atoms with van der Waals surface area (Å²) in [7, 11) is -3.49. The number of carbonyl (C=O) groups excluding carboxylic acids is 1. The lowest BCUT2D eigenvalue weighted by molar-refractivity contribution is -0.124. The van der Waals surface area contributed by atoms with Crippen molar-refractivity contribution in [3.8, 4) is 0 Å². The number of sulfone groups is 1. The Morgan fingerprint density at radius 1 is 1.24 bits per heavy atom. The van der Waals surface area contributed by atoms with Gasteiger partial charge >= 0.3 is 0 Å². The highest BCUT2D eigenvalue weighted by Gasteiger charge is 2.24. The SMILES string of the molecule is C[C@H](CS(=O)(=O)c1ccc(Br)cc1)C(=O)NC[C@@H](C)N1CCOCC1. The van der Waals surface area contributed by atoms with Crippen LogP contribution < -0.4 is 5.32 Å². The van der Waals surface area contributed by atoms with E-state index in [4.69, 9.17) is 4.74 Å². The molecule has 8 heteroatoms. The number of hydrogen-bond acceptors (Lipinski definition) is 5. The van der Waals surface area contributed by atoms with Crippen LogP contribution in [0.25, 0.3) is 0 Å². The Labute approximate surface area is 158 Å². The van der Waals surface area contributed by atoms with E-state index in [-0.39, 0.29) is 22.6 Å². The monoisotopic (exact) mass is 432 g/mol. The lowest BCUT2D eigenvalue weighted by Gasteiger charge is -2.32. The van der Waals surface area contributed by atoms with Crippen LogP contribution in [0.4, 0.5) is 0 Å². The Morgan fingerprint density at radius 2 is 1.84 bits per heavy atom. The molecule has 0 aliphatic carbocycles. The third kappa shape index (κ3) is 6.06. The average Bonchev–Trinajstić information content (AvgIpc) is 2.60. The molecular formula is C17H25BrN2O4S. The predicted molar refractivity (Wildman–Crippen MR) is 100 cm³/mol. The zero-order chi connectivity index (χ0) is 18.4. The molecule has 6 nitrogen and oxygen atoms in total. The molecule has 0 saturated carbocycles. The number of nitrogens with one attached hydrogen (secondary N) is 1. The minimum atomic E-state index is -3.49. The van der Waals surface area contributed by atoms with Crippen molar-refractivity contribution in [2.45, 2.75) is 24.8 Å². The van der Waals surface area contributed by atoms with E-state index in [0.29, 0.717) is 19.8 Å². The van der Waals surface area contributed by atoms with Crippen LogP contribution in [-0.2, 0) is 19.4 Å². The lowest BCUT2D eigenvalue weighted by atomic mass is 10.2. The molecule has 2 atom stereocenters. The molecule has 1 amide bonds.